The lowest BCUT2D eigenvalue weighted by molar-refractivity contribution is -0.139. The van der Waals surface area contributed by atoms with Crippen LogP contribution in [0.5, 0.6) is 0 Å². The molecule has 0 aromatic heterocycles. The molecule has 7 nitrogen and oxygen atoms in total. The van der Waals surface area contributed by atoms with E-state index in [0.717, 1.165) is 9.87 Å². The van der Waals surface area contributed by atoms with Crippen molar-refractivity contribution in [3.63, 3.8) is 0 Å². The van der Waals surface area contributed by atoms with Gasteiger partial charge in [0.2, 0.25) is 11.8 Å². The number of hydrogen-bond donors (Lipinski definition) is 1. The Morgan fingerprint density at radius 1 is 0.923 bits per heavy atom. The van der Waals surface area contributed by atoms with E-state index < -0.39 is 28.5 Å². The van der Waals surface area contributed by atoms with Gasteiger partial charge in [0.1, 0.15) is 12.6 Å². The number of carbonyl (C=O) groups excluding carboxylic acids is 2. The molecule has 208 valence electrons. The number of aryl methyl sites for hydroxylation is 2. The topological polar surface area (TPSA) is 86.8 Å². The first kappa shape index (κ1) is 30.2. The van der Waals surface area contributed by atoms with Crippen molar-refractivity contribution in [2.45, 2.75) is 52.1 Å². The first-order valence-corrected chi connectivity index (χ1v) is 14.7. The van der Waals surface area contributed by atoms with Crippen LogP contribution in [0, 0.1) is 19.8 Å². The van der Waals surface area contributed by atoms with E-state index in [1.54, 1.807) is 62.4 Å². The number of halogens is 1. The number of amides is 2. The summed E-state index contributed by atoms with van der Waals surface area (Å²) in [6.45, 7) is 9.27. The fourth-order valence-electron chi connectivity index (χ4n) is 4.07. The van der Waals surface area contributed by atoms with Gasteiger partial charge in [-0.05, 0) is 67.6 Å². The molecule has 0 fully saturated rings. The van der Waals surface area contributed by atoms with Crippen molar-refractivity contribution in [2.75, 3.05) is 17.4 Å². The summed E-state index contributed by atoms with van der Waals surface area (Å²) in [7, 11) is -4.11. The summed E-state index contributed by atoms with van der Waals surface area (Å²) in [4.78, 5) is 28.5. The van der Waals surface area contributed by atoms with E-state index in [1.807, 2.05) is 32.9 Å². The molecule has 3 aromatic carbocycles. The van der Waals surface area contributed by atoms with Gasteiger partial charge < -0.3 is 10.2 Å². The number of anilines is 1. The fraction of sp³-hybridized carbons (Fsp3) is 0.333. The van der Waals surface area contributed by atoms with Crippen LogP contribution in [-0.4, -0.2) is 44.3 Å². The van der Waals surface area contributed by atoms with E-state index in [4.69, 9.17) is 11.6 Å². The quantitative estimate of drug-likeness (QED) is 0.338. The molecule has 39 heavy (non-hydrogen) atoms. The zero-order chi connectivity index (χ0) is 28.7. The number of rotatable bonds is 11. The van der Waals surface area contributed by atoms with E-state index in [-0.39, 0.29) is 23.3 Å². The molecule has 0 saturated carbocycles. The molecule has 0 spiro atoms. The third-order valence-electron chi connectivity index (χ3n) is 6.39. The van der Waals surface area contributed by atoms with Gasteiger partial charge in [-0.15, -0.1) is 0 Å². The van der Waals surface area contributed by atoms with Gasteiger partial charge in [0, 0.05) is 18.1 Å². The fourth-order valence-corrected chi connectivity index (χ4v) is 5.75. The second-order valence-electron chi connectivity index (χ2n) is 10.0. The van der Waals surface area contributed by atoms with Crippen molar-refractivity contribution < 1.29 is 18.0 Å². The average molecular weight is 570 g/mol. The maximum absolute atomic E-state index is 14.0. The zero-order valence-corrected chi connectivity index (χ0v) is 24.6. The van der Waals surface area contributed by atoms with Gasteiger partial charge >= 0.3 is 0 Å². The van der Waals surface area contributed by atoms with E-state index in [0.29, 0.717) is 28.4 Å². The van der Waals surface area contributed by atoms with Gasteiger partial charge in [-0.3, -0.25) is 13.9 Å². The molecular weight excluding hydrogens is 534 g/mol. The van der Waals surface area contributed by atoms with Gasteiger partial charge in [0.25, 0.3) is 10.0 Å². The number of benzene rings is 3. The zero-order valence-electron chi connectivity index (χ0n) is 23.0. The summed E-state index contributed by atoms with van der Waals surface area (Å²) >= 11 is 6.41. The van der Waals surface area contributed by atoms with Crippen molar-refractivity contribution in [2.24, 2.45) is 5.92 Å². The molecule has 1 atom stereocenters. The Bertz CT molecular complexity index is 1410. The molecule has 0 unspecified atom stereocenters. The number of nitrogens with zero attached hydrogens (tertiary/aromatic N) is 2. The molecule has 3 aromatic rings. The monoisotopic (exact) mass is 569 g/mol. The SMILES string of the molecule is Cc1ccc(C)c(N(CC(=O)N(Cc2ccccc2Cl)[C@H](C)C(=O)NCC(C)C)S(=O)(=O)c2ccccc2)c1. The van der Waals surface area contributed by atoms with Crippen LogP contribution in [0.4, 0.5) is 5.69 Å². The normalized spacial score (nSPS) is 12.2. The molecule has 0 aliphatic heterocycles. The molecule has 9 heteroatoms. The van der Waals surface area contributed by atoms with Gasteiger partial charge in [0.05, 0.1) is 10.6 Å². The smallest absolute Gasteiger partial charge is 0.264 e. The van der Waals surface area contributed by atoms with Gasteiger partial charge in [-0.2, -0.15) is 0 Å². The van der Waals surface area contributed by atoms with Crippen LogP contribution in [-0.2, 0) is 26.2 Å². The van der Waals surface area contributed by atoms with Crippen LogP contribution in [0.1, 0.15) is 37.5 Å². The van der Waals surface area contributed by atoms with E-state index >= 15 is 0 Å². The molecule has 0 aliphatic carbocycles. The standard InChI is InChI=1S/C30H36ClN3O4S/c1-21(2)18-32-30(36)24(5)33(19-25-11-9-10-14-27(25)31)29(35)20-34(28-17-22(3)15-16-23(28)4)39(37,38)26-12-7-6-8-13-26/h6-17,21,24H,18-20H2,1-5H3,(H,32,36)/t24-/m1/s1. The Morgan fingerprint density at radius 3 is 2.21 bits per heavy atom. The van der Waals surface area contributed by atoms with Crippen LogP contribution in [0.25, 0.3) is 0 Å². The predicted octanol–water partition coefficient (Wildman–Crippen LogP) is 5.34. The third-order valence-corrected chi connectivity index (χ3v) is 8.54. The van der Waals surface area contributed by atoms with Gasteiger partial charge in [0.15, 0.2) is 0 Å². The van der Waals surface area contributed by atoms with Crippen LogP contribution < -0.4 is 9.62 Å². The van der Waals surface area contributed by atoms with Gasteiger partial charge in [-0.25, -0.2) is 8.42 Å². The molecule has 0 saturated heterocycles. The van der Waals surface area contributed by atoms with Crippen molar-refractivity contribution in [3.8, 4) is 0 Å². The van der Waals surface area contributed by atoms with Gasteiger partial charge in [-0.1, -0.05) is 74.0 Å². The first-order valence-electron chi connectivity index (χ1n) is 12.9. The highest BCUT2D eigenvalue weighted by molar-refractivity contribution is 7.92. The summed E-state index contributed by atoms with van der Waals surface area (Å²) in [6.07, 6.45) is 0. The van der Waals surface area contributed by atoms with Crippen LogP contribution in [0.3, 0.4) is 0 Å². The summed E-state index contributed by atoms with van der Waals surface area (Å²) in [5.74, 6) is -0.625. The molecule has 3 rings (SSSR count). The highest BCUT2D eigenvalue weighted by atomic mass is 35.5. The lowest BCUT2D eigenvalue weighted by Crippen LogP contribution is -2.51. The third kappa shape index (κ3) is 7.61. The van der Waals surface area contributed by atoms with E-state index in [9.17, 15) is 18.0 Å². The molecule has 0 heterocycles. The van der Waals surface area contributed by atoms with Crippen LogP contribution in [0.15, 0.2) is 77.7 Å². The molecule has 0 bridgehead atoms. The maximum Gasteiger partial charge on any atom is 0.264 e. The Labute approximate surface area is 236 Å². The van der Waals surface area contributed by atoms with Crippen molar-refractivity contribution in [1.82, 2.24) is 10.2 Å². The Balaban J connectivity index is 2.05. The average Bonchev–Trinajstić information content (AvgIpc) is 2.91. The van der Waals surface area contributed by atoms with Crippen molar-refractivity contribution >= 4 is 39.1 Å². The summed E-state index contributed by atoms with van der Waals surface area (Å²) < 4.78 is 28.9. The number of sulfonamides is 1. The largest absolute Gasteiger partial charge is 0.354 e. The number of nitrogens with one attached hydrogen (secondary N) is 1. The highest BCUT2D eigenvalue weighted by Crippen LogP contribution is 2.29. The Hall–Kier alpha value is -3.36. The Kier molecular flexibility index (Phi) is 10.2. The Morgan fingerprint density at radius 2 is 1.56 bits per heavy atom. The minimum absolute atomic E-state index is 0.0425. The van der Waals surface area contributed by atoms with E-state index in [2.05, 4.69) is 5.32 Å². The maximum atomic E-state index is 14.0. The molecular formula is C30H36ClN3O4S. The van der Waals surface area contributed by atoms with Crippen molar-refractivity contribution in [1.29, 1.82) is 0 Å². The number of hydrogen-bond acceptors (Lipinski definition) is 4. The summed E-state index contributed by atoms with van der Waals surface area (Å²) in [6, 6.07) is 19.7. The molecule has 0 radical (unpaired) electrons. The predicted molar refractivity (Wildman–Crippen MR) is 156 cm³/mol. The minimum atomic E-state index is -4.11. The lowest BCUT2D eigenvalue weighted by Gasteiger charge is -2.32. The second-order valence-corrected chi connectivity index (χ2v) is 12.3. The van der Waals surface area contributed by atoms with Crippen LogP contribution in [0.2, 0.25) is 5.02 Å². The lowest BCUT2D eigenvalue weighted by atomic mass is 10.1. The molecule has 0 aliphatic rings. The molecule has 1 N–H and O–H groups in total. The highest BCUT2D eigenvalue weighted by Gasteiger charge is 2.33. The first-order chi connectivity index (χ1) is 18.4. The van der Waals surface area contributed by atoms with Crippen LogP contribution >= 0.6 is 11.6 Å². The molecule has 2 amide bonds. The minimum Gasteiger partial charge on any atom is -0.354 e. The second kappa shape index (κ2) is 13.1. The van der Waals surface area contributed by atoms with Crippen molar-refractivity contribution in [3.05, 3.63) is 94.5 Å². The summed E-state index contributed by atoms with van der Waals surface area (Å²) in [5.41, 5.74) is 2.61. The number of carbonyl (C=O) groups is 2. The summed E-state index contributed by atoms with van der Waals surface area (Å²) in [5, 5.41) is 3.33. The van der Waals surface area contributed by atoms with E-state index in [1.165, 1.54) is 17.0 Å².